The third-order valence-electron chi connectivity index (χ3n) is 6.06. The summed E-state index contributed by atoms with van der Waals surface area (Å²) in [6.45, 7) is 6.38. The molecule has 0 saturated carbocycles. The molecule has 0 amide bonds. The SMILES string of the molecule is CC(C)c1sc(NCc2cccnc2)nc1-c1ccc(OCCCCCOc2ccc(C(N)=NO)cc2)cc1. The lowest BCUT2D eigenvalue weighted by atomic mass is 10.1. The van der Waals surface area contributed by atoms with Crippen LogP contribution >= 0.6 is 11.3 Å². The number of oxime groups is 1. The monoisotopic (exact) mass is 545 g/mol. The van der Waals surface area contributed by atoms with Crippen LogP contribution in [0.1, 0.15) is 55.0 Å². The maximum atomic E-state index is 8.73. The Morgan fingerprint density at radius 3 is 2.23 bits per heavy atom. The molecule has 9 heteroatoms. The summed E-state index contributed by atoms with van der Waals surface area (Å²) in [5.41, 5.74) is 9.47. The molecule has 0 atom stereocenters. The standard InChI is InChI=1S/C30H35N5O3S/c1-21(2)28-27(34-30(39-28)33-20-22-7-6-16-32-19-22)23-8-12-25(13-9-23)37-17-4-3-5-18-38-26-14-10-24(11-15-26)29(31)35-36/h6-16,19,21,36H,3-5,17-18,20H2,1-2H3,(H2,31,35)(H,33,34). The van der Waals surface area contributed by atoms with Gasteiger partial charge in [-0.2, -0.15) is 0 Å². The molecule has 0 spiro atoms. The number of benzene rings is 2. The van der Waals surface area contributed by atoms with E-state index in [1.807, 2.05) is 36.5 Å². The molecule has 0 radical (unpaired) electrons. The van der Waals surface area contributed by atoms with Gasteiger partial charge in [0.1, 0.15) is 11.5 Å². The summed E-state index contributed by atoms with van der Waals surface area (Å²) < 4.78 is 11.7. The molecule has 8 nitrogen and oxygen atoms in total. The Morgan fingerprint density at radius 2 is 1.64 bits per heavy atom. The molecule has 4 rings (SSSR count). The lowest BCUT2D eigenvalue weighted by molar-refractivity contribution is 0.279. The number of hydrogen-bond donors (Lipinski definition) is 3. The van der Waals surface area contributed by atoms with Crippen LogP contribution in [0.4, 0.5) is 5.13 Å². The number of nitrogens with two attached hydrogens (primary N) is 1. The largest absolute Gasteiger partial charge is 0.494 e. The maximum Gasteiger partial charge on any atom is 0.183 e. The van der Waals surface area contributed by atoms with E-state index in [1.54, 1.807) is 29.7 Å². The summed E-state index contributed by atoms with van der Waals surface area (Å²) in [6, 6.07) is 19.4. The topological polar surface area (TPSA) is 115 Å². The number of aromatic nitrogens is 2. The number of unbranched alkanes of at least 4 members (excludes halogenated alkanes) is 2. The highest BCUT2D eigenvalue weighted by atomic mass is 32.1. The lowest BCUT2D eigenvalue weighted by Gasteiger charge is -2.09. The van der Waals surface area contributed by atoms with Gasteiger partial charge in [0, 0.05) is 34.9 Å². The van der Waals surface area contributed by atoms with Gasteiger partial charge in [0.05, 0.1) is 18.9 Å². The zero-order chi connectivity index (χ0) is 27.5. The van der Waals surface area contributed by atoms with Crippen LogP contribution in [0.5, 0.6) is 11.5 Å². The molecule has 0 aliphatic heterocycles. The van der Waals surface area contributed by atoms with Crippen LogP contribution in [0.2, 0.25) is 0 Å². The second-order valence-electron chi connectivity index (χ2n) is 9.39. The van der Waals surface area contributed by atoms with Gasteiger partial charge in [-0.3, -0.25) is 4.98 Å². The van der Waals surface area contributed by atoms with Crippen molar-refractivity contribution in [3.8, 4) is 22.8 Å². The first-order valence-corrected chi connectivity index (χ1v) is 13.9. The minimum atomic E-state index is 0.0822. The van der Waals surface area contributed by atoms with Crippen molar-refractivity contribution in [1.29, 1.82) is 0 Å². The fourth-order valence-corrected chi connectivity index (χ4v) is 4.92. The number of hydrogen-bond acceptors (Lipinski definition) is 8. The summed E-state index contributed by atoms with van der Waals surface area (Å²) in [7, 11) is 0. The molecule has 0 bridgehead atoms. The van der Waals surface area contributed by atoms with Crippen molar-refractivity contribution >= 4 is 22.3 Å². The van der Waals surface area contributed by atoms with Crippen molar-refractivity contribution in [2.75, 3.05) is 18.5 Å². The van der Waals surface area contributed by atoms with Gasteiger partial charge in [-0.1, -0.05) is 25.1 Å². The van der Waals surface area contributed by atoms with E-state index in [4.69, 9.17) is 25.4 Å². The van der Waals surface area contributed by atoms with Crippen molar-refractivity contribution in [2.24, 2.45) is 10.9 Å². The average Bonchev–Trinajstić information content (AvgIpc) is 3.41. The van der Waals surface area contributed by atoms with E-state index in [0.717, 1.165) is 52.7 Å². The predicted octanol–water partition coefficient (Wildman–Crippen LogP) is 6.66. The number of nitrogens with zero attached hydrogens (tertiary/aromatic N) is 3. The average molecular weight is 546 g/mol. The van der Waals surface area contributed by atoms with Crippen molar-refractivity contribution in [3.05, 3.63) is 89.1 Å². The van der Waals surface area contributed by atoms with Gasteiger partial charge in [0.15, 0.2) is 11.0 Å². The molecule has 204 valence electrons. The number of anilines is 1. The predicted molar refractivity (Wildman–Crippen MR) is 157 cm³/mol. The van der Waals surface area contributed by atoms with E-state index in [-0.39, 0.29) is 5.84 Å². The van der Waals surface area contributed by atoms with Gasteiger partial charge in [0.25, 0.3) is 0 Å². The molecule has 0 fully saturated rings. The minimum absolute atomic E-state index is 0.0822. The van der Waals surface area contributed by atoms with Crippen LogP contribution in [0.15, 0.2) is 78.2 Å². The highest BCUT2D eigenvalue weighted by molar-refractivity contribution is 7.16. The van der Waals surface area contributed by atoms with Crippen LogP contribution in [-0.2, 0) is 6.54 Å². The van der Waals surface area contributed by atoms with E-state index in [0.29, 0.717) is 31.2 Å². The molecule has 2 heterocycles. The minimum Gasteiger partial charge on any atom is -0.494 e. The normalized spacial score (nSPS) is 11.5. The Kier molecular flexibility index (Phi) is 10.1. The molecule has 4 N–H and O–H groups in total. The quantitative estimate of drug-likeness (QED) is 0.0533. The summed E-state index contributed by atoms with van der Waals surface area (Å²) in [5, 5.41) is 16.1. The number of nitrogens with one attached hydrogen (secondary N) is 1. The molecule has 4 aromatic rings. The summed E-state index contributed by atoms with van der Waals surface area (Å²) in [5.74, 6) is 2.08. The second kappa shape index (κ2) is 14.2. The Morgan fingerprint density at radius 1 is 0.974 bits per heavy atom. The Bertz CT molecular complexity index is 1320. The number of amidine groups is 1. The van der Waals surface area contributed by atoms with Crippen molar-refractivity contribution in [3.63, 3.8) is 0 Å². The fourth-order valence-electron chi connectivity index (χ4n) is 3.94. The molecule has 0 aliphatic carbocycles. The molecule has 2 aromatic heterocycles. The molecule has 0 unspecified atom stereocenters. The van der Waals surface area contributed by atoms with Crippen LogP contribution in [0, 0.1) is 0 Å². The van der Waals surface area contributed by atoms with E-state index < -0.39 is 0 Å². The van der Waals surface area contributed by atoms with E-state index in [2.05, 4.69) is 47.5 Å². The fraction of sp³-hybridized carbons (Fsp3) is 0.300. The maximum absolute atomic E-state index is 8.73. The Hall–Kier alpha value is -4.11. The van der Waals surface area contributed by atoms with Gasteiger partial charge >= 0.3 is 0 Å². The zero-order valence-corrected chi connectivity index (χ0v) is 23.2. The van der Waals surface area contributed by atoms with E-state index >= 15 is 0 Å². The number of thiazole rings is 1. The first kappa shape index (κ1) is 27.9. The smallest absolute Gasteiger partial charge is 0.183 e. The molecular weight excluding hydrogens is 510 g/mol. The molecule has 39 heavy (non-hydrogen) atoms. The van der Waals surface area contributed by atoms with Gasteiger partial charge in [-0.25, -0.2) is 4.98 Å². The number of pyridine rings is 1. The first-order valence-electron chi connectivity index (χ1n) is 13.1. The van der Waals surface area contributed by atoms with Crippen LogP contribution < -0.4 is 20.5 Å². The molecule has 2 aromatic carbocycles. The lowest BCUT2D eigenvalue weighted by Crippen LogP contribution is -2.12. The van der Waals surface area contributed by atoms with Crippen LogP contribution in [-0.4, -0.2) is 34.2 Å². The van der Waals surface area contributed by atoms with E-state index in [1.165, 1.54) is 4.88 Å². The van der Waals surface area contributed by atoms with Crippen molar-refractivity contribution in [1.82, 2.24) is 9.97 Å². The van der Waals surface area contributed by atoms with Gasteiger partial charge in [-0.15, -0.1) is 11.3 Å². The third kappa shape index (κ3) is 8.19. The summed E-state index contributed by atoms with van der Waals surface area (Å²) in [4.78, 5) is 10.3. The zero-order valence-electron chi connectivity index (χ0n) is 22.3. The Balaban J connectivity index is 1.20. The highest BCUT2D eigenvalue weighted by Crippen LogP contribution is 2.37. The number of rotatable bonds is 14. The Labute approximate surface area is 233 Å². The molecule has 0 saturated heterocycles. The third-order valence-corrected chi connectivity index (χ3v) is 7.37. The van der Waals surface area contributed by atoms with Crippen LogP contribution in [0.25, 0.3) is 11.3 Å². The van der Waals surface area contributed by atoms with Gasteiger partial charge in [0.2, 0.25) is 0 Å². The summed E-state index contributed by atoms with van der Waals surface area (Å²) >= 11 is 1.71. The van der Waals surface area contributed by atoms with Crippen molar-refractivity contribution < 1.29 is 14.7 Å². The first-order chi connectivity index (χ1) is 19.0. The van der Waals surface area contributed by atoms with E-state index in [9.17, 15) is 0 Å². The number of ether oxygens (including phenoxy) is 2. The second-order valence-corrected chi connectivity index (χ2v) is 10.4. The molecular formula is C30H35N5O3S. The highest BCUT2D eigenvalue weighted by Gasteiger charge is 2.16. The van der Waals surface area contributed by atoms with Crippen molar-refractivity contribution in [2.45, 2.75) is 45.6 Å². The van der Waals surface area contributed by atoms with Gasteiger partial charge < -0.3 is 25.7 Å². The summed E-state index contributed by atoms with van der Waals surface area (Å²) in [6.07, 6.45) is 6.53. The van der Waals surface area contributed by atoms with Crippen LogP contribution in [0.3, 0.4) is 0 Å². The molecule has 0 aliphatic rings. The van der Waals surface area contributed by atoms with Gasteiger partial charge in [-0.05, 0) is 85.3 Å².